The van der Waals surface area contributed by atoms with Crippen molar-refractivity contribution in [2.24, 2.45) is 0 Å². The maximum absolute atomic E-state index is 4.86. The van der Waals surface area contributed by atoms with E-state index < -0.39 is 0 Å². The average Bonchev–Trinajstić information content (AvgIpc) is 2.68. The van der Waals surface area contributed by atoms with Gasteiger partial charge in [-0.05, 0) is 44.4 Å². The second-order valence-corrected chi connectivity index (χ2v) is 7.25. The minimum Gasteiger partial charge on any atom is -0.208 e. The van der Waals surface area contributed by atoms with Crippen molar-refractivity contribution in [1.82, 2.24) is 15.0 Å². The van der Waals surface area contributed by atoms with Gasteiger partial charge in [0.15, 0.2) is 17.5 Å². The number of aromatic nitrogens is 3. The molecule has 4 rings (SSSR count). The zero-order chi connectivity index (χ0) is 19.7. The van der Waals surface area contributed by atoms with Crippen LogP contribution in [0.1, 0.15) is 22.3 Å². The lowest BCUT2D eigenvalue weighted by Crippen LogP contribution is -2.02. The average molecular weight is 365 g/mol. The van der Waals surface area contributed by atoms with E-state index in [-0.39, 0.29) is 0 Å². The van der Waals surface area contributed by atoms with Crippen LogP contribution >= 0.6 is 0 Å². The molecule has 138 valence electrons. The van der Waals surface area contributed by atoms with Gasteiger partial charge < -0.3 is 0 Å². The van der Waals surface area contributed by atoms with E-state index in [0.717, 1.165) is 33.4 Å². The Hall–Kier alpha value is -3.33. The molecular formula is C25H23N3. The maximum Gasteiger partial charge on any atom is 0.164 e. The number of nitrogens with zero attached hydrogens (tertiary/aromatic N) is 3. The molecular weight excluding hydrogens is 342 g/mol. The van der Waals surface area contributed by atoms with E-state index in [4.69, 9.17) is 15.0 Å². The number of hydrogen-bond donors (Lipinski definition) is 0. The first-order valence-corrected chi connectivity index (χ1v) is 9.48. The highest BCUT2D eigenvalue weighted by Crippen LogP contribution is 2.29. The fourth-order valence-electron chi connectivity index (χ4n) is 3.45. The van der Waals surface area contributed by atoms with Crippen LogP contribution in [0.2, 0.25) is 0 Å². The molecule has 1 heterocycles. The fraction of sp³-hybridized carbons (Fsp3) is 0.160. The Bertz CT molecular complexity index is 1100. The van der Waals surface area contributed by atoms with Crippen molar-refractivity contribution in [1.29, 1.82) is 0 Å². The van der Waals surface area contributed by atoms with E-state index >= 15 is 0 Å². The first-order valence-electron chi connectivity index (χ1n) is 9.48. The van der Waals surface area contributed by atoms with Gasteiger partial charge in [-0.3, -0.25) is 0 Å². The van der Waals surface area contributed by atoms with E-state index in [1.54, 1.807) is 0 Å². The minimum absolute atomic E-state index is 0.710. The molecule has 0 spiro atoms. The highest BCUT2D eigenvalue weighted by molar-refractivity contribution is 5.70. The molecule has 0 bridgehead atoms. The Kier molecular flexibility index (Phi) is 4.74. The molecule has 0 aliphatic carbocycles. The summed E-state index contributed by atoms with van der Waals surface area (Å²) in [6.45, 7) is 8.38. The highest BCUT2D eigenvalue weighted by atomic mass is 15.0. The van der Waals surface area contributed by atoms with Crippen LogP contribution in [0.3, 0.4) is 0 Å². The first kappa shape index (κ1) is 18.1. The van der Waals surface area contributed by atoms with Crippen molar-refractivity contribution >= 4 is 0 Å². The summed E-state index contributed by atoms with van der Waals surface area (Å²) in [4.78, 5) is 14.6. The standard InChI is InChI=1S/C25H23N3/c1-16-13-14-22(19(4)15-16)25-27-23(20-11-7-5-9-17(20)2)26-24(28-25)21-12-8-6-10-18(21)3/h5-15H,1-4H3. The van der Waals surface area contributed by atoms with Gasteiger partial charge in [-0.2, -0.15) is 0 Å². The number of hydrogen-bond acceptors (Lipinski definition) is 3. The van der Waals surface area contributed by atoms with Crippen molar-refractivity contribution in [3.05, 3.63) is 89.0 Å². The third-order valence-electron chi connectivity index (χ3n) is 5.03. The van der Waals surface area contributed by atoms with Crippen LogP contribution in [-0.2, 0) is 0 Å². The zero-order valence-corrected chi connectivity index (χ0v) is 16.7. The van der Waals surface area contributed by atoms with Crippen molar-refractivity contribution in [2.75, 3.05) is 0 Å². The van der Waals surface area contributed by atoms with Gasteiger partial charge in [0, 0.05) is 16.7 Å². The summed E-state index contributed by atoms with van der Waals surface area (Å²) in [6, 6.07) is 22.8. The molecule has 0 N–H and O–H groups in total. The van der Waals surface area contributed by atoms with Crippen molar-refractivity contribution in [3.63, 3.8) is 0 Å². The molecule has 4 aromatic rings. The Morgan fingerprint density at radius 1 is 0.464 bits per heavy atom. The molecule has 3 aromatic carbocycles. The van der Waals surface area contributed by atoms with Crippen LogP contribution in [0.5, 0.6) is 0 Å². The van der Waals surface area contributed by atoms with Crippen LogP contribution in [0, 0.1) is 27.7 Å². The molecule has 1 aromatic heterocycles. The van der Waals surface area contributed by atoms with Gasteiger partial charge in [0.05, 0.1) is 0 Å². The van der Waals surface area contributed by atoms with Crippen LogP contribution in [-0.4, -0.2) is 15.0 Å². The summed E-state index contributed by atoms with van der Waals surface area (Å²) in [5, 5.41) is 0. The van der Waals surface area contributed by atoms with Gasteiger partial charge in [-0.25, -0.2) is 15.0 Å². The molecule has 0 saturated carbocycles. The molecule has 0 fully saturated rings. The molecule has 28 heavy (non-hydrogen) atoms. The van der Waals surface area contributed by atoms with Crippen LogP contribution in [0.4, 0.5) is 0 Å². The fourth-order valence-corrected chi connectivity index (χ4v) is 3.45. The van der Waals surface area contributed by atoms with Gasteiger partial charge in [0.2, 0.25) is 0 Å². The Morgan fingerprint density at radius 3 is 1.32 bits per heavy atom. The molecule has 0 atom stereocenters. The Balaban J connectivity index is 1.99. The molecule has 0 saturated heterocycles. The van der Waals surface area contributed by atoms with E-state index in [2.05, 4.69) is 70.2 Å². The molecule has 3 nitrogen and oxygen atoms in total. The highest BCUT2D eigenvalue weighted by Gasteiger charge is 2.15. The summed E-state index contributed by atoms with van der Waals surface area (Å²) in [7, 11) is 0. The topological polar surface area (TPSA) is 38.7 Å². The van der Waals surface area contributed by atoms with Gasteiger partial charge in [0.25, 0.3) is 0 Å². The normalized spacial score (nSPS) is 10.9. The molecule has 0 amide bonds. The third kappa shape index (κ3) is 3.44. The van der Waals surface area contributed by atoms with E-state index in [9.17, 15) is 0 Å². The van der Waals surface area contributed by atoms with Crippen molar-refractivity contribution < 1.29 is 0 Å². The Morgan fingerprint density at radius 2 is 0.893 bits per heavy atom. The summed E-state index contributed by atoms with van der Waals surface area (Å²) < 4.78 is 0. The summed E-state index contributed by atoms with van der Waals surface area (Å²) in [5.74, 6) is 2.13. The SMILES string of the molecule is Cc1ccc(-c2nc(-c3ccccc3C)nc(-c3ccccc3C)n2)c(C)c1. The zero-order valence-electron chi connectivity index (χ0n) is 16.7. The lowest BCUT2D eigenvalue weighted by Gasteiger charge is -2.12. The molecule has 3 heteroatoms. The van der Waals surface area contributed by atoms with Crippen LogP contribution < -0.4 is 0 Å². The smallest absolute Gasteiger partial charge is 0.164 e. The van der Waals surface area contributed by atoms with Gasteiger partial charge in [-0.15, -0.1) is 0 Å². The van der Waals surface area contributed by atoms with Crippen LogP contribution in [0.25, 0.3) is 34.2 Å². The quantitative estimate of drug-likeness (QED) is 0.440. The number of aryl methyl sites for hydroxylation is 4. The number of rotatable bonds is 3. The van der Waals surface area contributed by atoms with E-state index in [1.165, 1.54) is 5.56 Å². The second kappa shape index (κ2) is 7.35. The molecule has 0 aliphatic rings. The molecule has 0 radical (unpaired) electrons. The predicted octanol–water partition coefficient (Wildman–Crippen LogP) is 6.11. The summed E-state index contributed by atoms with van der Waals surface area (Å²) >= 11 is 0. The van der Waals surface area contributed by atoms with Crippen molar-refractivity contribution in [2.45, 2.75) is 27.7 Å². The predicted molar refractivity (Wildman–Crippen MR) is 115 cm³/mol. The summed E-state index contributed by atoms with van der Waals surface area (Å²) in [5.41, 5.74) is 7.80. The first-order chi connectivity index (χ1) is 13.5. The third-order valence-corrected chi connectivity index (χ3v) is 5.03. The lowest BCUT2D eigenvalue weighted by molar-refractivity contribution is 1.06. The van der Waals surface area contributed by atoms with Crippen LogP contribution in [0.15, 0.2) is 66.7 Å². The monoisotopic (exact) mass is 365 g/mol. The summed E-state index contributed by atoms with van der Waals surface area (Å²) in [6.07, 6.45) is 0. The maximum atomic E-state index is 4.86. The number of benzene rings is 3. The van der Waals surface area contributed by atoms with E-state index in [1.807, 2.05) is 24.3 Å². The van der Waals surface area contributed by atoms with Gasteiger partial charge in [0.1, 0.15) is 0 Å². The lowest BCUT2D eigenvalue weighted by atomic mass is 10.0. The molecule has 0 aliphatic heterocycles. The van der Waals surface area contributed by atoms with Gasteiger partial charge >= 0.3 is 0 Å². The minimum atomic E-state index is 0.710. The second-order valence-electron chi connectivity index (χ2n) is 7.25. The largest absolute Gasteiger partial charge is 0.208 e. The Labute approximate surface area is 166 Å². The van der Waals surface area contributed by atoms with E-state index in [0.29, 0.717) is 17.5 Å². The molecule has 0 unspecified atom stereocenters. The van der Waals surface area contributed by atoms with Crippen molar-refractivity contribution in [3.8, 4) is 34.2 Å². The van der Waals surface area contributed by atoms with Gasteiger partial charge in [-0.1, -0.05) is 72.3 Å².